The molecule has 0 bridgehead atoms. The number of anilines is 1. The van der Waals surface area contributed by atoms with Crippen LogP contribution in [0.25, 0.3) is 0 Å². The minimum Gasteiger partial charge on any atom is -0.489 e. The SMILES string of the molecule is COCCOc1ccc(C(F)(F)F)cc1NC(=O)NCC1Cc2ccccc2O1. The number of urea groups is 1. The first-order valence-corrected chi connectivity index (χ1v) is 8.99. The Balaban J connectivity index is 1.61. The number of nitrogens with one attached hydrogen (secondary N) is 2. The highest BCUT2D eigenvalue weighted by Gasteiger charge is 2.31. The largest absolute Gasteiger partial charge is 0.489 e. The van der Waals surface area contributed by atoms with Gasteiger partial charge >= 0.3 is 12.2 Å². The number of carbonyl (C=O) groups is 1. The lowest BCUT2D eigenvalue weighted by Crippen LogP contribution is -2.37. The molecule has 0 saturated heterocycles. The zero-order chi connectivity index (χ0) is 20.9. The van der Waals surface area contributed by atoms with E-state index < -0.39 is 17.8 Å². The van der Waals surface area contributed by atoms with Gasteiger partial charge in [-0.05, 0) is 29.8 Å². The minimum absolute atomic E-state index is 0.0796. The molecule has 9 heteroatoms. The van der Waals surface area contributed by atoms with Crippen molar-refractivity contribution in [2.75, 3.05) is 32.2 Å². The predicted octanol–water partition coefficient (Wildman–Crippen LogP) is 3.86. The third kappa shape index (κ3) is 5.54. The molecular weight excluding hydrogens is 389 g/mol. The Morgan fingerprint density at radius 1 is 1.21 bits per heavy atom. The molecule has 6 nitrogen and oxygen atoms in total. The first-order chi connectivity index (χ1) is 13.9. The number of carbonyl (C=O) groups excluding carboxylic acids is 1. The number of rotatable bonds is 7. The summed E-state index contributed by atoms with van der Waals surface area (Å²) < 4.78 is 55.1. The number of ether oxygens (including phenoxy) is 3. The number of alkyl halides is 3. The van der Waals surface area contributed by atoms with E-state index in [0.29, 0.717) is 6.42 Å². The number of fused-ring (bicyclic) bond motifs is 1. The summed E-state index contributed by atoms with van der Waals surface area (Å²) in [6, 6.07) is 9.82. The summed E-state index contributed by atoms with van der Waals surface area (Å²) in [6.07, 6.45) is -4.13. The van der Waals surface area contributed by atoms with Crippen molar-refractivity contribution in [1.82, 2.24) is 5.32 Å². The maximum atomic E-state index is 13.0. The molecule has 1 unspecified atom stereocenters. The summed E-state index contributed by atoms with van der Waals surface area (Å²) in [5.41, 5.74) is 0.0805. The fourth-order valence-electron chi connectivity index (χ4n) is 2.91. The Kier molecular flexibility index (Phi) is 6.48. The van der Waals surface area contributed by atoms with E-state index in [1.54, 1.807) is 0 Å². The van der Waals surface area contributed by atoms with Gasteiger partial charge in [0, 0.05) is 13.5 Å². The normalized spacial score (nSPS) is 15.4. The third-order valence-electron chi connectivity index (χ3n) is 4.30. The molecule has 3 rings (SSSR count). The van der Waals surface area contributed by atoms with Crippen molar-refractivity contribution in [1.29, 1.82) is 0 Å². The molecule has 29 heavy (non-hydrogen) atoms. The van der Waals surface area contributed by atoms with Crippen LogP contribution >= 0.6 is 0 Å². The van der Waals surface area contributed by atoms with E-state index in [0.717, 1.165) is 23.4 Å². The van der Waals surface area contributed by atoms with Crippen LogP contribution in [0, 0.1) is 0 Å². The summed E-state index contributed by atoms with van der Waals surface area (Å²) in [6.45, 7) is 0.595. The van der Waals surface area contributed by atoms with Crippen LogP contribution in [0.15, 0.2) is 42.5 Å². The zero-order valence-corrected chi connectivity index (χ0v) is 15.7. The van der Waals surface area contributed by atoms with E-state index in [1.807, 2.05) is 24.3 Å². The van der Waals surface area contributed by atoms with E-state index in [4.69, 9.17) is 14.2 Å². The van der Waals surface area contributed by atoms with Gasteiger partial charge in [-0.15, -0.1) is 0 Å². The number of methoxy groups -OCH3 is 1. The lowest BCUT2D eigenvalue weighted by Gasteiger charge is -2.16. The van der Waals surface area contributed by atoms with Crippen LogP contribution in [0.3, 0.4) is 0 Å². The van der Waals surface area contributed by atoms with Gasteiger partial charge in [-0.1, -0.05) is 18.2 Å². The molecule has 0 aliphatic carbocycles. The molecule has 1 heterocycles. The highest BCUT2D eigenvalue weighted by molar-refractivity contribution is 5.91. The fraction of sp³-hybridized carbons (Fsp3) is 0.350. The highest BCUT2D eigenvalue weighted by atomic mass is 19.4. The highest BCUT2D eigenvalue weighted by Crippen LogP contribution is 2.35. The number of hydrogen-bond donors (Lipinski definition) is 2. The Hall–Kier alpha value is -2.94. The van der Waals surface area contributed by atoms with Gasteiger partial charge in [0.25, 0.3) is 0 Å². The molecule has 156 valence electrons. The molecule has 0 saturated carbocycles. The molecule has 0 fully saturated rings. The minimum atomic E-state index is -4.54. The van der Waals surface area contributed by atoms with E-state index in [1.165, 1.54) is 13.2 Å². The number of amides is 2. The zero-order valence-electron chi connectivity index (χ0n) is 15.7. The third-order valence-corrected chi connectivity index (χ3v) is 4.30. The first kappa shape index (κ1) is 20.8. The molecule has 2 aromatic carbocycles. The van der Waals surface area contributed by atoms with Gasteiger partial charge in [-0.2, -0.15) is 13.2 Å². The summed E-state index contributed by atoms with van der Waals surface area (Å²) in [7, 11) is 1.48. The fourth-order valence-corrected chi connectivity index (χ4v) is 2.91. The Bertz CT molecular complexity index is 833. The van der Waals surface area contributed by atoms with Crippen molar-refractivity contribution < 1.29 is 32.2 Å². The van der Waals surface area contributed by atoms with Crippen molar-refractivity contribution >= 4 is 11.7 Å². The lowest BCUT2D eigenvalue weighted by molar-refractivity contribution is -0.137. The Morgan fingerprint density at radius 3 is 2.72 bits per heavy atom. The van der Waals surface area contributed by atoms with Crippen LogP contribution in [0.4, 0.5) is 23.7 Å². The summed E-state index contributed by atoms with van der Waals surface area (Å²) in [5, 5.41) is 5.05. The smallest absolute Gasteiger partial charge is 0.416 e. The van der Waals surface area contributed by atoms with E-state index in [-0.39, 0.29) is 37.3 Å². The van der Waals surface area contributed by atoms with Crippen molar-refractivity contribution in [3.63, 3.8) is 0 Å². The van der Waals surface area contributed by atoms with Gasteiger partial charge in [0.1, 0.15) is 24.2 Å². The number of benzene rings is 2. The van der Waals surface area contributed by atoms with Crippen molar-refractivity contribution in [2.24, 2.45) is 0 Å². The summed E-state index contributed by atoms with van der Waals surface area (Å²) >= 11 is 0. The molecule has 1 atom stereocenters. The molecule has 2 aromatic rings. The molecule has 2 N–H and O–H groups in total. The van der Waals surface area contributed by atoms with Crippen molar-refractivity contribution in [3.05, 3.63) is 53.6 Å². The summed E-state index contributed by atoms with van der Waals surface area (Å²) in [5.74, 6) is 0.890. The van der Waals surface area contributed by atoms with Gasteiger partial charge in [-0.25, -0.2) is 4.79 Å². The van der Waals surface area contributed by atoms with Crippen molar-refractivity contribution in [2.45, 2.75) is 18.7 Å². The molecule has 0 spiro atoms. The lowest BCUT2D eigenvalue weighted by atomic mass is 10.1. The van der Waals surface area contributed by atoms with Crippen LogP contribution in [0.5, 0.6) is 11.5 Å². The second-order valence-corrected chi connectivity index (χ2v) is 6.44. The van der Waals surface area contributed by atoms with E-state index >= 15 is 0 Å². The monoisotopic (exact) mass is 410 g/mol. The van der Waals surface area contributed by atoms with Gasteiger partial charge in [-0.3, -0.25) is 0 Å². The standard InChI is InChI=1S/C20H21F3N2O4/c1-27-8-9-28-18-7-6-14(20(21,22)23)11-16(18)25-19(26)24-12-15-10-13-4-2-3-5-17(13)29-15/h2-7,11,15H,8-10,12H2,1H3,(H2,24,25,26). The van der Waals surface area contributed by atoms with Gasteiger partial charge < -0.3 is 24.8 Å². The summed E-state index contributed by atoms with van der Waals surface area (Å²) in [4.78, 5) is 12.2. The Labute approximate surface area is 166 Å². The van der Waals surface area contributed by atoms with E-state index in [2.05, 4.69) is 10.6 Å². The average Bonchev–Trinajstić information content (AvgIpc) is 3.10. The van der Waals surface area contributed by atoms with Crippen LogP contribution in [0.2, 0.25) is 0 Å². The van der Waals surface area contributed by atoms with Crippen LogP contribution in [0.1, 0.15) is 11.1 Å². The average molecular weight is 410 g/mol. The maximum Gasteiger partial charge on any atom is 0.416 e. The van der Waals surface area contributed by atoms with Gasteiger partial charge in [0.05, 0.1) is 24.4 Å². The topological polar surface area (TPSA) is 68.8 Å². The quantitative estimate of drug-likeness (QED) is 0.681. The maximum absolute atomic E-state index is 13.0. The van der Waals surface area contributed by atoms with Gasteiger partial charge in [0.2, 0.25) is 0 Å². The molecule has 0 aromatic heterocycles. The molecule has 1 aliphatic heterocycles. The second kappa shape index (κ2) is 9.04. The number of para-hydroxylation sites is 1. The predicted molar refractivity (Wildman–Crippen MR) is 100 cm³/mol. The second-order valence-electron chi connectivity index (χ2n) is 6.44. The van der Waals surface area contributed by atoms with Crippen LogP contribution < -0.4 is 20.1 Å². The van der Waals surface area contributed by atoms with E-state index in [9.17, 15) is 18.0 Å². The van der Waals surface area contributed by atoms with Crippen molar-refractivity contribution in [3.8, 4) is 11.5 Å². The number of hydrogen-bond acceptors (Lipinski definition) is 4. The number of halogens is 3. The molecule has 1 aliphatic rings. The molecular formula is C20H21F3N2O4. The molecule has 2 amide bonds. The van der Waals surface area contributed by atoms with Crippen LogP contribution in [-0.2, 0) is 17.3 Å². The first-order valence-electron chi connectivity index (χ1n) is 8.99. The van der Waals surface area contributed by atoms with Gasteiger partial charge in [0.15, 0.2) is 0 Å². The van der Waals surface area contributed by atoms with Crippen LogP contribution in [-0.4, -0.2) is 39.0 Å². The Morgan fingerprint density at radius 2 is 2.00 bits per heavy atom. The molecule has 0 radical (unpaired) electrons.